The molecule has 0 saturated carbocycles. The van der Waals surface area contributed by atoms with Gasteiger partial charge in [-0.3, -0.25) is 0 Å². The largest absolute Gasteiger partial charge is 0.490 e. The third kappa shape index (κ3) is 5.90. The van der Waals surface area contributed by atoms with Gasteiger partial charge in [0.05, 0.1) is 6.10 Å². The molecule has 1 aliphatic rings. The summed E-state index contributed by atoms with van der Waals surface area (Å²) in [5, 5.41) is 0. The van der Waals surface area contributed by atoms with E-state index in [1.807, 2.05) is 12.1 Å². The Morgan fingerprint density at radius 2 is 1.74 bits per heavy atom. The molecular weight excluding hydrogens is 283 g/mol. The third-order valence-corrected chi connectivity index (χ3v) is 2.60. The zero-order valence-corrected chi connectivity index (χ0v) is 12.4. The van der Waals surface area contributed by atoms with E-state index < -0.39 is 0 Å². The minimum atomic E-state index is 0. The van der Waals surface area contributed by atoms with Crippen molar-refractivity contribution >= 4 is 24.8 Å². The predicted molar refractivity (Wildman–Crippen MR) is 81.4 cm³/mol. The Balaban J connectivity index is 0.000000353. The van der Waals surface area contributed by atoms with Gasteiger partial charge in [-0.2, -0.15) is 0 Å². The lowest BCUT2D eigenvalue weighted by Gasteiger charge is -2.22. The highest BCUT2D eigenvalue weighted by Gasteiger charge is 2.13. The molecule has 0 N–H and O–H groups in total. The first kappa shape index (κ1) is 17.7. The standard InChI is InChI=1S/C10H12O.C4H4N2.2ClH/c1-8-6-7-9-4-2-3-5-10(9)11-8;1-2-5-4-6-3-1;;/h2-5,8H,6-7H2,1H3;1-4H;2*1H. The molecule has 3 rings (SSSR count). The van der Waals surface area contributed by atoms with E-state index in [1.54, 1.807) is 18.5 Å². The van der Waals surface area contributed by atoms with Gasteiger partial charge in [-0.15, -0.1) is 24.8 Å². The Morgan fingerprint density at radius 3 is 2.32 bits per heavy atom. The Bertz CT molecular complexity index is 428. The minimum Gasteiger partial charge on any atom is -0.490 e. The lowest BCUT2D eigenvalue weighted by molar-refractivity contribution is 0.192. The summed E-state index contributed by atoms with van der Waals surface area (Å²) in [6, 6.07) is 10.1. The molecule has 0 fully saturated rings. The highest BCUT2D eigenvalue weighted by molar-refractivity contribution is 5.85. The molecule has 0 saturated heterocycles. The minimum absolute atomic E-state index is 0. The molecular formula is C14H18Cl2N2O. The van der Waals surface area contributed by atoms with Crippen LogP contribution in [-0.2, 0) is 6.42 Å². The van der Waals surface area contributed by atoms with Crippen molar-refractivity contribution in [2.75, 3.05) is 0 Å². The van der Waals surface area contributed by atoms with Gasteiger partial charge in [0.1, 0.15) is 12.1 Å². The van der Waals surface area contributed by atoms with Gasteiger partial charge in [-0.25, -0.2) is 9.97 Å². The van der Waals surface area contributed by atoms with E-state index in [1.165, 1.54) is 11.9 Å². The van der Waals surface area contributed by atoms with Gasteiger partial charge in [-0.1, -0.05) is 18.2 Å². The maximum atomic E-state index is 5.63. The van der Waals surface area contributed by atoms with Gasteiger partial charge in [-0.05, 0) is 37.5 Å². The van der Waals surface area contributed by atoms with Crippen LogP contribution in [0.4, 0.5) is 0 Å². The van der Waals surface area contributed by atoms with E-state index in [-0.39, 0.29) is 24.8 Å². The van der Waals surface area contributed by atoms with Crippen LogP contribution in [0.25, 0.3) is 0 Å². The molecule has 1 unspecified atom stereocenters. The summed E-state index contributed by atoms with van der Waals surface area (Å²) in [6.45, 7) is 2.12. The summed E-state index contributed by atoms with van der Waals surface area (Å²) >= 11 is 0. The third-order valence-electron chi connectivity index (χ3n) is 2.60. The molecule has 0 spiro atoms. The molecule has 1 aromatic carbocycles. The van der Waals surface area contributed by atoms with Crippen molar-refractivity contribution in [3.63, 3.8) is 0 Å². The molecule has 1 aliphatic heterocycles. The molecule has 0 radical (unpaired) electrons. The first-order valence-electron chi connectivity index (χ1n) is 5.81. The number of benzene rings is 1. The number of aryl methyl sites for hydroxylation is 1. The number of fused-ring (bicyclic) bond motifs is 1. The lowest BCUT2D eigenvalue weighted by Crippen LogP contribution is -2.18. The Morgan fingerprint density at radius 1 is 1.05 bits per heavy atom. The smallest absolute Gasteiger partial charge is 0.122 e. The van der Waals surface area contributed by atoms with Crippen LogP contribution >= 0.6 is 24.8 Å². The lowest BCUT2D eigenvalue weighted by atomic mass is 10.0. The number of ether oxygens (including phenoxy) is 1. The van der Waals surface area contributed by atoms with Gasteiger partial charge < -0.3 is 4.74 Å². The van der Waals surface area contributed by atoms with Gasteiger partial charge in [0.25, 0.3) is 0 Å². The normalized spacial score (nSPS) is 15.3. The van der Waals surface area contributed by atoms with Gasteiger partial charge in [0.15, 0.2) is 0 Å². The van der Waals surface area contributed by atoms with Gasteiger partial charge in [0, 0.05) is 12.4 Å². The topological polar surface area (TPSA) is 35.0 Å². The number of aromatic nitrogens is 2. The van der Waals surface area contributed by atoms with Crippen molar-refractivity contribution in [3.05, 3.63) is 54.6 Å². The van der Waals surface area contributed by atoms with Gasteiger partial charge >= 0.3 is 0 Å². The maximum Gasteiger partial charge on any atom is 0.122 e. The molecule has 5 heteroatoms. The molecule has 19 heavy (non-hydrogen) atoms. The van der Waals surface area contributed by atoms with E-state index in [4.69, 9.17) is 4.74 Å². The average molecular weight is 301 g/mol. The van der Waals surface area contributed by atoms with Crippen molar-refractivity contribution in [2.24, 2.45) is 0 Å². The van der Waals surface area contributed by atoms with Crippen LogP contribution < -0.4 is 4.74 Å². The molecule has 2 aromatic rings. The molecule has 3 nitrogen and oxygen atoms in total. The number of hydrogen-bond donors (Lipinski definition) is 0. The molecule has 0 bridgehead atoms. The number of hydrogen-bond acceptors (Lipinski definition) is 3. The van der Waals surface area contributed by atoms with Crippen LogP contribution in [0.3, 0.4) is 0 Å². The van der Waals surface area contributed by atoms with E-state index in [9.17, 15) is 0 Å². The Labute approximate surface area is 126 Å². The summed E-state index contributed by atoms with van der Waals surface area (Å²) in [4.78, 5) is 7.35. The fraction of sp³-hybridized carbons (Fsp3) is 0.286. The van der Waals surface area contributed by atoms with Crippen LogP contribution in [0.5, 0.6) is 5.75 Å². The van der Waals surface area contributed by atoms with E-state index >= 15 is 0 Å². The van der Waals surface area contributed by atoms with Crippen LogP contribution in [0, 0.1) is 0 Å². The molecule has 1 atom stereocenters. The second-order valence-corrected chi connectivity index (χ2v) is 3.98. The van der Waals surface area contributed by atoms with E-state index in [2.05, 4.69) is 29.0 Å². The van der Waals surface area contributed by atoms with E-state index in [0.717, 1.165) is 18.6 Å². The number of rotatable bonds is 0. The molecule has 2 heterocycles. The van der Waals surface area contributed by atoms with Crippen LogP contribution in [0.15, 0.2) is 49.1 Å². The van der Waals surface area contributed by atoms with Gasteiger partial charge in [0.2, 0.25) is 0 Å². The van der Waals surface area contributed by atoms with Crippen molar-refractivity contribution in [2.45, 2.75) is 25.9 Å². The SMILES string of the molecule is CC1CCc2ccccc2O1.Cl.Cl.c1cncnc1. The van der Waals surface area contributed by atoms with Crippen molar-refractivity contribution in [1.82, 2.24) is 9.97 Å². The fourth-order valence-electron chi connectivity index (χ4n) is 1.71. The van der Waals surface area contributed by atoms with Crippen molar-refractivity contribution in [3.8, 4) is 5.75 Å². The van der Waals surface area contributed by atoms with Crippen LogP contribution in [0.2, 0.25) is 0 Å². The van der Waals surface area contributed by atoms with Crippen molar-refractivity contribution in [1.29, 1.82) is 0 Å². The highest BCUT2D eigenvalue weighted by Crippen LogP contribution is 2.26. The zero-order valence-electron chi connectivity index (χ0n) is 10.7. The first-order valence-corrected chi connectivity index (χ1v) is 5.81. The average Bonchev–Trinajstić information content (AvgIpc) is 2.41. The summed E-state index contributed by atoms with van der Waals surface area (Å²) in [5.41, 5.74) is 1.35. The second-order valence-electron chi connectivity index (χ2n) is 3.98. The molecule has 0 amide bonds. The molecule has 0 aliphatic carbocycles. The van der Waals surface area contributed by atoms with Crippen LogP contribution in [-0.4, -0.2) is 16.1 Å². The number of nitrogens with zero attached hydrogens (tertiary/aromatic N) is 2. The quantitative estimate of drug-likeness (QED) is 0.744. The van der Waals surface area contributed by atoms with Crippen LogP contribution in [0.1, 0.15) is 18.9 Å². The maximum absolute atomic E-state index is 5.63. The molecule has 104 valence electrons. The monoisotopic (exact) mass is 300 g/mol. The number of halogens is 2. The molecule has 1 aromatic heterocycles. The summed E-state index contributed by atoms with van der Waals surface area (Å²) in [6.07, 6.45) is 7.58. The number of para-hydroxylation sites is 1. The fourth-order valence-corrected chi connectivity index (χ4v) is 1.71. The summed E-state index contributed by atoms with van der Waals surface area (Å²) in [5.74, 6) is 1.08. The zero-order chi connectivity index (χ0) is 11.9. The second kappa shape index (κ2) is 9.59. The van der Waals surface area contributed by atoms with E-state index in [0.29, 0.717) is 6.10 Å². The Hall–Kier alpha value is -1.32. The summed E-state index contributed by atoms with van der Waals surface area (Å²) < 4.78 is 5.63. The Kier molecular flexibility index (Phi) is 8.92. The summed E-state index contributed by atoms with van der Waals surface area (Å²) in [7, 11) is 0. The predicted octanol–water partition coefficient (Wildman–Crippen LogP) is 3.72. The van der Waals surface area contributed by atoms with Crippen molar-refractivity contribution < 1.29 is 4.74 Å². The first-order chi connectivity index (χ1) is 8.36. The highest BCUT2D eigenvalue weighted by atomic mass is 35.5.